The number of hydrogen-bond donors (Lipinski definition) is 2. The van der Waals surface area contributed by atoms with Crippen LogP contribution in [-0.4, -0.2) is 18.2 Å². The maximum Gasteiger partial charge on any atom is 0.262 e. The van der Waals surface area contributed by atoms with Crippen molar-refractivity contribution in [3.8, 4) is 0 Å². The molecule has 2 aromatic rings. The smallest absolute Gasteiger partial charge is 0.262 e. The Hall–Kier alpha value is -2.33. The van der Waals surface area contributed by atoms with Crippen LogP contribution >= 0.6 is 11.6 Å². The largest absolute Gasteiger partial charge is 0.374 e. The van der Waals surface area contributed by atoms with Crippen LogP contribution < -0.4 is 10.7 Å². The Morgan fingerprint density at radius 2 is 1.95 bits per heavy atom. The summed E-state index contributed by atoms with van der Waals surface area (Å²) in [7, 11) is 0. The molecule has 0 saturated heterocycles. The standard InChI is InChI=1S/C17H18ClN3O/c1-12-4-3-5-16(10-12)20-13(2)17(22)21-19-11-14-6-8-15(18)9-7-14/h3-11,13,20H,1-2H3,(H,21,22). The molecule has 0 aliphatic heterocycles. The van der Waals surface area contributed by atoms with Gasteiger partial charge in [0.25, 0.3) is 5.91 Å². The molecule has 0 spiro atoms. The second-order valence-corrected chi connectivity index (χ2v) is 5.46. The molecule has 0 radical (unpaired) electrons. The van der Waals surface area contributed by atoms with Gasteiger partial charge < -0.3 is 5.32 Å². The average molecular weight is 316 g/mol. The van der Waals surface area contributed by atoms with Gasteiger partial charge in [0, 0.05) is 10.7 Å². The molecule has 0 aliphatic carbocycles. The Morgan fingerprint density at radius 3 is 2.64 bits per heavy atom. The first-order valence-electron chi connectivity index (χ1n) is 6.96. The number of anilines is 1. The van der Waals surface area contributed by atoms with Gasteiger partial charge in [-0.25, -0.2) is 5.43 Å². The highest BCUT2D eigenvalue weighted by molar-refractivity contribution is 6.30. The van der Waals surface area contributed by atoms with Crippen molar-refractivity contribution in [3.63, 3.8) is 0 Å². The second kappa shape index (κ2) is 7.61. The zero-order valence-corrected chi connectivity index (χ0v) is 13.3. The van der Waals surface area contributed by atoms with Gasteiger partial charge in [-0.15, -0.1) is 0 Å². The molecular formula is C17H18ClN3O. The van der Waals surface area contributed by atoms with Crippen molar-refractivity contribution in [2.45, 2.75) is 19.9 Å². The highest BCUT2D eigenvalue weighted by Crippen LogP contribution is 2.11. The summed E-state index contributed by atoms with van der Waals surface area (Å²) in [6, 6.07) is 14.7. The molecule has 0 bridgehead atoms. The number of carbonyl (C=O) groups is 1. The van der Waals surface area contributed by atoms with Crippen molar-refractivity contribution in [2.75, 3.05) is 5.32 Å². The molecule has 1 unspecified atom stereocenters. The van der Waals surface area contributed by atoms with Crippen LogP contribution in [0.25, 0.3) is 0 Å². The van der Waals surface area contributed by atoms with E-state index in [2.05, 4.69) is 15.8 Å². The summed E-state index contributed by atoms with van der Waals surface area (Å²) in [6.45, 7) is 3.79. The van der Waals surface area contributed by atoms with Gasteiger partial charge in [0.05, 0.1) is 6.21 Å². The first-order chi connectivity index (χ1) is 10.5. The van der Waals surface area contributed by atoms with E-state index in [0.717, 1.165) is 16.8 Å². The van der Waals surface area contributed by atoms with Crippen LogP contribution in [0.3, 0.4) is 0 Å². The SMILES string of the molecule is Cc1cccc(NC(C)C(=O)NN=Cc2ccc(Cl)cc2)c1. The summed E-state index contributed by atoms with van der Waals surface area (Å²) < 4.78 is 0. The summed E-state index contributed by atoms with van der Waals surface area (Å²) in [5, 5.41) is 7.74. The van der Waals surface area contributed by atoms with E-state index in [1.54, 1.807) is 25.3 Å². The number of nitrogens with one attached hydrogen (secondary N) is 2. The Kier molecular flexibility index (Phi) is 5.55. The predicted octanol–water partition coefficient (Wildman–Crippen LogP) is 3.60. The molecular weight excluding hydrogens is 298 g/mol. The Morgan fingerprint density at radius 1 is 1.23 bits per heavy atom. The first-order valence-corrected chi connectivity index (χ1v) is 7.34. The summed E-state index contributed by atoms with van der Waals surface area (Å²) >= 11 is 5.80. The predicted molar refractivity (Wildman–Crippen MR) is 91.5 cm³/mol. The molecule has 0 fully saturated rings. The van der Waals surface area contributed by atoms with Gasteiger partial charge in [-0.2, -0.15) is 5.10 Å². The lowest BCUT2D eigenvalue weighted by Crippen LogP contribution is -2.34. The average Bonchev–Trinajstić information content (AvgIpc) is 2.49. The van der Waals surface area contributed by atoms with Gasteiger partial charge >= 0.3 is 0 Å². The number of hydrazone groups is 1. The van der Waals surface area contributed by atoms with Crippen molar-refractivity contribution in [1.29, 1.82) is 0 Å². The fraction of sp³-hybridized carbons (Fsp3) is 0.176. The van der Waals surface area contributed by atoms with Gasteiger partial charge in [-0.3, -0.25) is 4.79 Å². The summed E-state index contributed by atoms with van der Waals surface area (Å²) in [5.41, 5.74) is 5.42. The van der Waals surface area contributed by atoms with Crippen molar-refractivity contribution < 1.29 is 4.79 Å². The second-order valence-electron chi connectivity index (χ2n) is 5.02. The van der Waals surface area contributed by atoms with Crippen molar-refractivity contribution in [1.82, 2.24) is 5.43 Å². The van der Waals surface area contributed by atoms with E-state index in [0.29, 0.717) is 5.02 Å². The minimum atomic E-state index is -0.385. The molecule has 114 valence electrons. The van der Waals surface area contributed by atoms with Crippen LogP contribution in [0.2, 0.25) is 5.02 Å². The van der Waals surface area contributed by atoms with E-state index in [1.807, 2.05) is 43.3 Å². The zero-order chi connectivity index (χ0) is 15.9. The number of halogens is 1. The van der Waals surface area contributed by atoms with Crippen molar-refractivity contribution >= 4 is 29.4 Å². The van der Waals surface area contributed by atoms with E-state index in [4.69, 9.17) is 11.6 Å². The molecule has 0 heterocycles. The number of hydrogen-bond acceptors (Lipinski definition) is 3. The van der Waals surface area contributed by atoms with E-state index in [-0.39, 0.29) is 11.9 Å². The van der Waals surface area contributed by atoms with Crippen LogP contribution in [-0.2, 0) is 4.79 Å². The fourth-order valence-corrected chi connectivity index (χ4v) is 1.99. The highest BCUT2D eigenvalue weighted by atomic mass is 35.5. The normalized spacial score (nSPS) is 12.1. The third kappa shape index (κ3) is 4.90. The molecule has 0 saturated carbocycles. The van der Waals surface area contributed by atoms with E-state index in [1.165, 1.54) is 0 Å². The molecule has 2 aromatic carbocycles. The fourth-order valence-electron chi connectivity index (χ4n) is 1.87. The van der Waals surface area contributed by atoms with Gasteiger partial charge in [0.15, 0.2) is 0 Å². The number of nitrogens with zero attached hydrogens (tertiary/aromatic N) is 1. The van der Waals surface area contributed by atoms with E-state index >= 15 is 0 Å². The highest BCUT2D eigenvalue weighted by Gasteiger charge is 2.11. The minimum Gasteiger partial charge on any atom is -0.374 e. The quantitative estimate of drug-likeness (QED) is 0.654. The first kappa shape index (κ1) is 16.0. The molecule has 1 amide bonds. The Balaban J connectivity index is 1.87. The summed E-state index contributed by atoms with van der Waals surface area (Å²) in [5.74, 6) is -0.202. The third-order valence-electron chi connectivity index (χ3n) is 3.05. The maximum atomic E-state index is 12.0. The number of amides is 1. The lowest BCUT2D eigenvalue weighted by molar-refractivity contribution is -0.121. The summed E-state index contributed by atoms with van der Waals surface area (Å²) in [6.07, 6.45) is 1.58. The molecule has 0 aromatic heterocycles. The zero-order valence-electron chi connectivity index (χ0n) is 12.5. The van der Waals surface area contributed by atoms with Crippen LogP contribution in [0.1, 0.15) is 18.1 Å². The molecule has 2 rings (SSSR count). The molecule has 5 heteroatoms. The van der Waals surface area contributed by atoms with Crippen molar-refractivity contribution in [3.05, 3.63) is 64.7 Å². The number of aryl methyl sites for hydroxylation is 1. The molecule has 0 aliphatic rings. The van der Waals surface area contributed by atoms with Crippen LogP contribution in [0.4, 0.5) is 5.69 Å². The topological polar surface area (TPSA) is 53.5 Å². The minimum absolute atomic E-state index is 0.202. The third-order valence-corrected chi connectivity index (χ3v) is 3.30. The van der Waals surface area contributed by atoms with Gasteiger partial charge in [0.2, 0.25) is 0 Å². The monoisotopic (exact) mass is 315 g/mol. The van der Waals surface area contributed by atoms with Gasteiger partial charge in [0.1, 0.15) is 6.04 Å². The Bertz CT molecular complexity index is 668. The number of benzene rings is 2. The van der Waals surface area contributed by atoms with Crippen LogP contribution in [0.5, 0.6) is 0 Å². The van der Waals surface area contributed by atoms with Crippen molar-refractivity contribution in [2.24, 2.45) is 5.10 Å². The molecule has 2 N–H and O–H groups in total. The lowest BCUT2D eigenvalue weighted by atomic mass is 10.2. The van der Waals surface area contributed by atoms with E-state index < -0.39 is 0 Å². The van der Waals surface area contributed by atoms with Gasteiger partial charge in [-0.1, -0.05) is 35.9 Å². The van der Waals surface area contributed by atoms with Gasteiger partial charge in [-0.05, 0) is 49.2 Å². The van der Waals surface area contributed by atoms with E-state index in [9.17, 15) is 4.79 Å². The molecule has 4 nitrogen and oxygen atoms in total. The lowest BCUT2D eigenvalue weighted by Gasteiger charge is -2.13. The maximum absolute atomic E-state index is 12.0. The molecule has 22 heavy (non-hydrogen) atoms. The number of carbonyl (C=O) groups excluding carboxylic acids is 1. The molecule has 1 atom stereocenters. The Labute approximate surface area is 135 Å². The van der Waals surface area contributed by atoms with Crippen LogP contribution in [0.15, 0.2) is 53.6 Å². The summed E-state index contributed by atoms with van der Waals surface area (Å²) in [4.78, 5) is 12.0. The van der Waals surface area contributed by atoms with Crippen LogP contribution in [0, 0.1) is 6.92 Å². The number of rotatable bonds is 5.